The Kier molecular flexibility index (Phi) is 2.79. The Morgan fingerprint density at radius 3 is 2.29 bits per heavy atom. The van der Waals surface area contributed by atoms with E-state index in [9.17, 15) is 9.90 Å². The van der Waals surface area contributed by atoms with Crippen LogP contribution in [0.5, 0.6) is 5.75 Å². The summed E-state index contributed by atoms with van der Waals surface area (Å²) in [6.07, 6.45) is 0. The first-order valence-corrected chi connectivity index (χ1v) is 4.50. The summed E-state index contributed by atoms with van der Waals surface area (Å²) in [5.41, 5.74) is 1.54. The maximum Gasteiger partial charge on any atom is 0.339 e. The Morgan fingerprint density at radius 2 is 1.93 bits per heavy atom. The highest BCUT2D eigenvalue weighted by atomic mass is 16.4. The third-order valence-electron chi connectivity index (χ3n) is 2.22. The van der Waals surface area contributed by atoms with E-state index in [4.69, 9.17) is 5.11 Å². The average Bonchev–Trinajstić information content (AvgIpc) is 2.01. The molecule has 0 saturated carbocycles. The zero-order chi connectivity index (χ0) is 10.9. The normalized spacial score (nSPS) is 10.6. The summed E-state index contributed by atoms with van der Waals surface area (Å²) in [6, 6.07) is 3.31. The Morgan fingerprint density at radius 1 is 1.36 bits per heavy atom. The van der Waals surface area contributed by atoms with Gasteiger partial charge < -0.3 is 10.2 Å². The van der Waals surface area contributed by atoms with Gasteiger partial charge in [-0.25, -0.2) is 4.79 Å². The highest BCUT2D eigenvalue weighted by Gasteiger charge is 2.14. The van der Waals surface area contributed by atoms with Gasteiger partial charge in [-0.2, -0.15) is 0 Å². The van der Waals surface area contributed by atoms with Crippen molar-refractivity contribution in [2.45, 2.75) is 26.7 Å². The SMILES string of the molecule is Cc1cc(C(C)C)cc(O)c1C(=O)O. The number of hydrogen-bond acceptors (Lipinski definition) is 2. The van der Waals surface area contributed by atoms with Crippen LogP contribution in [-0.4, -0.2) is 16.2 Å². The van der Waals surface area contributed by atoms with E-state index < -0.39 is 5.97 Å². The lowest BCUT2D eigenvalue weighted by molar-refractivity contribution is 0.0693. The molecular formula is C11H14O3. The molecule has 0 heterocycles. The summed E-state index contributed by atoms with van der Waals surface area (Å²) in [5, 5.41) is 18.3. The van der Waals surface area contributed by atoms with Crippen LogP contribution in [0.2, 0.25) is 0 Å². The number of aromatic carboxylic acids is 1. The maximum atomic E-state index is 10.8. The smallest absolute Gasteiger partial charge is 0.339 e. The lowest BCUT2D eigenvalue weighted by Crippen LogP contribution is -2.02. The van der Waals surface area contributed by atoms with E-state index in [-0.39, 0.29) is 17.2 Å². The van der Waals surface area contributed by atoms with Crippen molar-refractivity contribution in [2.24, 2.45) is 0 Å². The summed E-state index contributed by atoms with van der Waals surface area (Å²) in [5.74, 6) is -0.959. The van der Waals surface area contributed by atoms with Crippen molar-refractivity contribution in [3.05, 3.63) is 28.8 Å². The molecule has 0 atom stereocenters. The first kappa shape index (κ1) is 10.6. The van der Waals surface area contributed by atoms with E-state index in [2.05, 4.69) is 0 Å². The van der Waals surface area contributed by atoms with Crippen LogP contribution in [0.15, 0.2) is 12.1 Å². The molecule has 0 aliphatic heterocycles. The minimum absolute atomic E-state index is 0.00519. The molecule has 0 unspecified atom stereocenters. The Bertz CT molecular complexity index is 344. The van der Waals surface area contributed by atoms with E-state index in [0.717, 1.165) is 5.56 Å². The number of aromatic hydroxyl groups is 1. The summed E-state index contributed by atoms with van der Waals surface area (Å²) < 4.78 is 0. The van der Waals surface area contributed by atoms with Crippen LogP contribution in [0, 0.1) is 6.92 Å². The second-order valence-corrected chi connectivity index (χ2v) is 3.69. The molecule has 0 fully saturated rings. The second-order valence-electron chi connectivity index (χ2n) is 3.69. The largest absolute Gasteiger partial charge is 0.507 e. The van der Waals surface area contributed by atoms with Crippen molar-refractivity contribution in [3.63, 3.8) is 0 Å². The van der Waals surface area contributed by atoms with Crippen LogP contribution in [0.3, 0.4) is 0 Å². The monoisotopic (exact) mass is 194 g/mol. The lowest BCUT2D eigenvalue weighted by atomic mass is 9.97. The van der Waals surface area contributed by atoms with Gasteiger partial charge in [0.1, 0.15) is 11.3 Å². The van der Waals surface area contributed by atoms with Gasteiger partial charge in [-0.1, -0.05) is 19.9 Å². The molecule has 0 spiro atoms. The van der Waals surface area contributed by atoms with Gasteiger partial charge in [-0.3, -0.25) is 0 Å². The Labute approximate surface area is 83.0 Å². The van der Waals surface area contributed by atoms with Gasteiger partial charge in [0.2, 0.25) is 0 Å². The Hall–Kier alpha value is -1.51. The second kappa shape index (κ2) is 3.70. The predicted molar refractivity (Wildman–Crippen MR) is 53.9 cm³/mol. The molecule has 2 N–H and O–H groups in total. The fourth-order valence-electron chi connectivity index (χ4n) is 1.41. The van der Waals surface area contributed by atoms with Gasteiger partial charge >= 0.3 is 5.97 Å². The summed E-state index contributed by atoms with van der Waals surface area (Å²) in [4.78, 5) is 10.8. The van der Waals surface area contributed by atoms with E-state index in [1.807, 2.05) is 13.8 Å². The van der Waals surface area contributed by atoms with Gasteiger partial charge in [0.05, 0.1) is 0 Å². The van der Waals surface area contributed by atoms with Crippen molar-refractivity contribution in [3.8, 4) is 5.75 Å². The third-order valence-corrected chi connectivity index (χ3v) is 2.22. The number of hydrogen-bond donors (Lipinski definition) is 2. The fourth-order valence-corrected chi connectivity index (χ4v) is 1.41. The standard InChI is InChI=1S/C11H14O3/c1-6(2)8-4-7(3)10(11(13)14)9(12)5-8/h4-6,12H,1-3H3,(H,13,14). The molecular weight excluding hydrogens is 180 g/mol. The molecule has 1 aromatic rings. The Balaban J connectivity index is 3.32. The van der Waals surface area contributed by atoms with Crippen molar-refractivity contribution in [2.75, 3.05) is 0 Å². The number of carbonyl (C=O) groups is 1. The molecule has 1 rings (SSSR count). The van der Waals surface area contributed by atoms with Crippen LogP contribution in [0.1, 0.15) is 41.3 Å². The van der Waals surface area contributed by atoms with Crippen LogP contribution in [0.4, 0.5) is 0 Å². The van der Waals surface area contributed by atoms with Crippen LogP contribution in [0.25, 0.3) is 0 Å². The molecule has 76 valence electrons. The fraction of sp³-hybridized carbons (Fsp3) is 0.364. The molecule has 0 radical (unpaired) electrons. The highest BCUT2D eigenvalue weighted by molar-refractivity contribution is 5.92. The lowest BCUT2D eigenvalue weighted by Gasteiger charge is -2.10. The molecule has 0 aliphatic carbocycles. The summed E-state index contributed by atoms with van der Waals surface area (Å²) in [7, 11) is 0. The van der Waals surface area contributed by atoms with Crippen molar-refractivity contribution in [1.82, 2.24) is 0 Å². The van der Waals surface area contributed by atoms with E-state index in [0.29, 0.717) is 5.56 Å². The topological polar surface area (TPSA) is 57.5 Å². The molecule has 14 heavy (non-hydrogen) atoms. The van der Waals surface area contributed by atoms with Gasteiger partial charge in [-0.05, 0) is 30.0 Å². The first-order chi connectivity index (χ1) is 6.43. The first-order valence-electron chi connectivity index (χ1n) is 4.50. The van der Waals surface area contributed by atoms with E-state index in [1.165, 1.54) is 6.07 Å². The summed E-state index contributed by atoms with van der Waals surface area (Å²) >= 11 is 0. The molecule has 1 aromatic carbocycles. The number of carboxylic acids is 1. The minimum Gasteiger partial charge on any atom is -0.507 e. The molecule has 0 bridgehead atoms. The molecule has 3 nitrogen and oxygen atoms in total. The molecule has 0 amide bonds. The van der Waals surface area contributed by atoms with Crippen LogP contribution in [-0.2, 0) is 0 Å². The highest BCUT2D eigenvalue weighted by Crippen LogP contribution is 2.26. The van der Waals surface area contributed by atoms with E-state index in [1.54, 1.807) is 13.0 Å². The number of carboxylic acid groups (broad SMARTS) is 1. The zero-order valence-corrected chi connectivity index (χ0v) is 8.53. The minimum atomic E-state index is -1.09. The van der Waals surface area contributed by atoms with Gasteiger partial charge in [0.15, 0.2) is 0 Å². The van der Waals surface area contributed by atoms with Crippen molar-refractivity contribution in [1.29, 1.82) is 0 Å². The van der Waals surface area contributed by atoms with E-state index >= 15 is 0 Å². The zero-order valence-electron chi connectivity index (χ0n) is 8.53. The number of phenols is 1. The van der Waals surface area contributed by atoms with Crippen LogP contribution >= 0.6 is 0 Å². The molecule has 0 saturated heterocycles. The molecule has 0 aliphatic rings. The van der Waals surface area contributed by atoms with Gasteiger partial charge in [-0.15, -0.1) is 0 Å². The molecule has 3 heteroatoms. The van der Waals surface area contributed by atoms with Gasteiger partial charge in [0.25, 0.3) is 0 Å². The molecule has 0 aromatic heterocycles. The van der Waals surface area contributed by atoms with Crippen LogP contribution < -0.4 is 0 Å². The van der Waals surface area contributed by atoms with Gasteiger partial charge in [0, 0.05) is 0 Å². The number of aryl methyl sites for hydroxylation is 1. The van der Waals surface area contributed by atoms with Crippen molar-refractivity contribution < 1.29 is 15.0 Å². The maximum absolute atomic E-state index is 10.8. The number of benzene rings is 1. The third kappa shape index (κ3) is 1.87. The predicted octanol–water partition coefficient (Wildman–Crippen LogP) is 2.52. The van der Waals surface area contributed by atoms with Crippen molar-refractivity contribution >= 4 is 5.97 Å². The number of rotatable bonds is 2. The average molecular weight is 194 g/mol. The summed E-state index contributed by atoms with van der Waals surface area (Å²) in [6.45, 7) is 5.68. The quantitative estimate of drug-likeness (QED) is 0.760.